The van der Waals surface area contributed by atoms with Gasteiger partial charge in [0, 0.05) is 24.2 Å². The van der Waals surface area contributed by atoms with Gasteiger partial charge in [0.2, 0.25) is 0 Å². The minimum atomic E-state index is -0.0609. The van der Waals surface area contributed by atoms with Crippen LogP contribution in [-0.4, -0.2) is 42.2 Å². The zero-order valence-corrected chi connectivity index (χ0v) is 11.2. The lowest BCUT2D eigenvalue weighted by Crippen LogP contribution is -2.34. The van der Waals surface area contributed by atoms with Gasteiger partial charge >= 0.3 is 0 Å². The third-order valence-electron chi connectivity index (χ3n) is 2.62. The van der Waals surface area contributed by atoms with Crippen LogP contribution in [0.25, 0.3) is 0 Å². The van der Waals surface area contributed by atoms with E-state index in [1.165, 1.54) is 0 Å². The SMILES string of the molecule is CCCN(CCO)C(=O)c1ccc(C#CCN)cc1. The number of aliphatic hydroxyl groups is 1. The molecule has 0 aliphatic carbocycles. The second-order valence-corrected chi connectivity index (χ2v) is 4.10. The average molecular weight is 260 g/mol. The summed E-state index contributed by atoms with van der Waals surface area (Å²) in [5.74, 6) is 5.62. The van der Waals surface area contributed by atoms with E-state index in [2.05, 4.69) is 11.8 Å². The fourth-order valence-electron chi connectivity index (χ4n) is 1.74. The van der Waals surface area contributed by atoms with E-state index in [1.807, 2.05) is 6.92 Å². The molecule has 4 nitrogen and oxygen atoms in total. The van der Waals surface area contributed by atoms with Gasteiger partial charge in [0.1, 0.15) is 0 Å². The van der Waals surface area contributed by atoms with Gasteiger partial charge in [-0.1, -0.05) is 18.8 Å². The van der Waals surface area contributed by atoms with E-state index in [9.17, 15) is 4.79 Å². The molecule has 0 atom stereocenters. The number of hydrogen-bond acceptors (Lipinski definition) is 3. The van der Waals surface area contributed by atoms with E-state index >= 15 is 0 Å². The van der Waals surface area contributed by atoms with Crippen molar-refractivity contribution in [3.05, 3.63) is 35.4 Å². The molecule has 0 aliphatic heterocycles. The normalized spacial score (nSPS) is 9.63. The molecule has 0 unspecified atom stereocenters. The Morgan fingerprint density at radius 2 is 2.00 bits per heavy atom. The summed E-state index contributed by atoms with van der Waals surface area (Å²) in [6, 6.07) is 7.11. The number of carbonyl (C=O) groups excluding carboxylic acids is 1. The maximum atomic E-state index is 12.2. The summed E-state index contributed by atoms with van der Waals surface area (Å²) in [5, 5.41) is 8.98. The number of nitrogens with two attached hydrogens (primary N) is 1. The molecule has 0 radical (unpaired) electrons. The van der Waals surface area contributed by atoms with Crippen LogP contribution in [0.4, 0.5) is 0 Å². The quantitative estimate of drug-likeness (QED) is 0.771. The summed E-state index contributed by atoms with van der Waals surface area (Å²) in [4.78, 5) is 13.9. The van der Waals surface area contributed by atoms with Crippen molar-refractivity contribution in [2.75, 3.05) is 26.2 Å². The zero-order valence-electron chi connectivity index (χ0n) is 11.2. The Morgan fingerprint density at radius 1 is 1.32 bits per heavy atom. The molecule has 0 bridgehead atoms. The van der Waals surface area contributed by atoms with Crippen molar-refractivity contribution in [1.82, 2.24) is 4.90 Å². The summed E-state index contributed by atoms with van der Waals surface area (Å²) in [6.07, 6.45) is 0.867. The lowest BCUT2D eigenvalue weighted by molar-refractivity contribution is 0.0722. The van der Waals surface area contributed by atoms with Crippen LogP contribution in [0.3, 0.4) is 0 Å². The molecule has 1 amide bonds. The molecule has 19 heavy (non-hydrogen) atoms. The molecule has 0 heterocycles. The monoisotopic (exact) mass is 260 g/mol. The van der Waals surface area contributed by atoms with Gasteiger partial charge in [-0.15, -0.1) is 0 Å². The standard InChI is InChI=1S/C15H20N2O2/c1-2-10-17(11-12-18)15(19)14-7-5-13(6-8-14)4-3-9-16/h5-8,18H,2,9-12,16H2,1H3. The molecular formula is C15H20N2O2. The first-order valence-electron chi connectivity index (χ1n) is 6.42. The molecule has 102 valence electrons. The fraction of sp³-hybridized carbons (Fsp3) is 0.400. The molecule has 0 aliphatic rings. The van der Waals surface area contributed by atoms with Crippen LogP contribution in [0.2, 0.25) is 0 Å². The predicted octanol–water partition coefficient (Wildman–Crippen LogP) is 0.841. The topological polar surface area (TPSA) is 66.6 Å². The number of nitrogens with zero attached hydrogens (tertiary/aromatic N) is 1. The third-order valence-corrected chi connectivity index (χ3v) is 2.62. The zero-order chi connectivity index (χ0) is 14.1. The van der Waals surface area contributed by atoms with Crippen molar-refractivity contribution in [3.63, 3.8) is 0 Å². The first kappa shape index (κ1) is 15.2. The van der Waals surface area contributed by atoms with Gasteiger partial charge < -0.3 is 15.7 Å². The van der Waals surface area contributed by atoms with Crippen LogP contribution in [0, 0.1) is 11.8 Å². The van der Waals surface area contributed by atoms with Gasteiger partial charge in [-0.2, -0.15) is 0 Å². The molecule has 1 aromatic rings. The summed E-state index contributed by atoms with van der Waals surface area (Å²) < 4.78 is 0. The summed E-state index contributed by atoms with van der Waals surface area (Å²) in [5.41, 5.74) is 6.75. The largest absolute Gasteiger partial charge is 0.395 e. The fourth-order valence-corrected chi connectivity index (χ4v) is 1.74. The van der Waals surface area contributed by atoms with Crippen LogP contribution in [-0.2, 0) is 0 Å². The highest BCUT2D eigenvalue weighted by Gasteiger charge is 2.13. The molecule has 1 aromatic carbocycles. The molecule has 0 fully saturated rings. The van der Waals surface area contributed by atoms with Crippen LogP contribution in [0.5, 0.6) is 0 Å². The summed E-state index contributed by atoms with van der Waals surface area (Å²) in [7, 11) is 0. The third kappa shape index (κ3) is 4.74. The van der Waals surface area contributed by atoms with E-state index in [0.29, 0.717) is 25.2 Å². The molecule has 0 aromatic heterocycles. The van der Waals surface area contributed by atoms with Crippen molar-refractivity contribution in [2.45, 2.75) is 13.3 Å². The van der Waals surface area contributed by atoms with Crippen LogP contribution >= 0.6 is 0 Å². The predicted molar refractivity (Wildman–Crippen MR) is 75.7 cm³/mol. The number of rotatable bonds is 5. The molecule has 4 heteroatoms. The van der Waals surface area contributed by atoms with Gasteiger partial charge in [0.05, 0.1) is 13.2 Å². The molecule has 0 saturated carbocycles. The Kier molecular flexibility index (Phi) is 6.65. The number of benzene rings is 1. The maximum absolute atomic E-state index is 12.2. The second-order valence-electron chi connectivity index (χ2n) is 4.10. The van der Waals surface area contributed by atoms with Gasteiger partial charge in [-0.25, -0.2) is 0 Å². The molecule has 0 saturated heterocycles. The van der Waals surface area contributed by atoms with E-state index in [0.717, 1.165) is 12.0 Å². The Balaban J connectivity index is 2.80. The van der Waals surface area contributed by atoms with Crippen LogP contribution in [0.1, 0.15) is 29.3 Å². The summed E-state index contributed by atoms with van der Waals surface area (Å²) in [6.45, 7) is 3.31. The van der Waals surface area contributed by atoms with Crippen LogP contribution < -0.4 is 5.73 Å². The van der Waals surface area contributed by atoms with E-state index in [4.69, 9.17) is 10.8 Å². The molecule has 3 N–H and O–H groups in total. The van der Waals surface area contributed by atoms with Gasteiger partial charge in [-0.05, 0) is 30.7 Å². The number of aliphatic hydroxyl groups excluding tert-OH is 1. The second kappa shape index (κ2) is 8.30. The lowest BCUT2D eigenvalue weighted by atomic mass is 10.1. The molecule has 0 spiro atoms. The summed E-state index contributed by atoms with van der Waals surface area (Å²) >= 11 is 0. The Bertz CT molecular complexity index is 451. The first-order chi connectivity index (χ1) is 9.22. The van der Waals surface area contributed by atoms with Crippen LogP contribution in [0.15, 0.2) is 24.3 Å². The highest BCUT2D eigenvalue weighted by Crippen LogP contribution is 2.07. The highest BCUT2D eigenvalue weighted by molar-refractivity contribution is 5.94. The lowest BCUT2D eigenvalue weighted by Gasteiger charge is -2.21. The Labute approximate surface area is 114 Å². The number of carbonyl (C=O) groups is 1. The van der Waals surface area contributed by atoms with Gasteiger partial charge in [-0.3, -0.25) is 4.79 Å². The van der Waals surface area contributed by atoms with Crippen molar-refractivity contribution < 1.29 is 9.90 Å². The molecule has 1 rings (SSSR count). The minimum absolute atomic E-state index is 0.0220. The van der Waals surface area contributed by atoms with Gasteiger partial charge in [0.15, 0.2) is 0 Å². The van der Waals surface area contributed by atoms with Crippen molar-refractivity contribution in [1.29, 1.82) is 0 Å². The maximum Gasteiger partial charge on any atom is 0.253 e. The average Bonchev–Trinajstić information content (AvgIpc) is 2.44. The molecular weight excluding hydrogens is 240 g/mol. The number of amides is 1. The van der Waals surface area contributed by atoms with E-state index in [1.54, 1.807) is 29.2 Å². The Hall–Kier alpha value is -1.83. The number of hydrogen-bond donors (Lipinski definition) is 2. The van der Waals surface area contributed by atoms with Gasteiger partial charge in [0.25, 0.3) is 5.91 Å². The van der Waals surface area contributed by atoms with Crippen molar-refractivity contribution in [2.24, 2.45) is 5.73 Å². The van der Waals surface area contributed by atoms with Crippen molar-refractivity contribution >= 4 is 5.91 Å². The van der Waals surface area contributed by atoms with E-state index in [-0.39, 0.29) is 12.5 Å². The smallest absolute Gasteiger partial charge is 0.253 e. The van der Waals surface area contributed by atoms with E-state index < -0.39 is 0 Å². The first-order valence-corrected chi connectivity index (χ1v) is 6.42. The highest BCUT2D eigenvalue weighted by atomic mass is 16.3. The Morgan fingerprint density at radius 3 is 2.53 bits per heavy atom. The minimum Gasteiger partial charge on any atom is -0.395 e. The van der Waals surface area contributed by atoms with Crippen molar-refractivity contribution in [3.8, 4) is 11.8 Å².